The van der Waals surface area contributed by atoms with Crippen LogP contribution in [0.2, 0.25) is 5.02 Å². The van der Waals surface area contributed by atoms with Gasteiger partial charge in [0, 0.05) is 26.8 Å². The van der Waals surface area contributed by atoms with Crippen LogP contribution in [0.15, 0.2) is 53.4 Å². The Kier molecular flexibility index (Phi) is 6.82. The number of rotatable bonds is 6. The highest BCUT2D eigenvalue weighted by atomic mass is 35.5. The summed E-state index contributed by atoms with van der Waals surface area (Å²) in [6.07, 6.45) is -1.09. The van der Waals surface area contributed by atoms with Crippen molar-refractivity contribution < 1.29 is 22.7 Å². The number of carbonyl (C=O) groups excluding carboxylic acids is 2. The van der Waals surface area contributed by atoms with Crippen molar-refractivity contribution in [1.29, 1.82) is 0 Å². The quantitative estimate of drug-likeness (QED) is 0.666. The first kappa shape index (κ1) is 21.9. The van der Waals surface area contributed by atoms with Gasteiger partial charge in [-0.2, -0.15) is 0 Å². The first-order chi connectivity index (χ1) is 13.1. The zero-order chi connectivity index (χ0) is 21.1. The summed E-state index contributed by atoms with van der Waals surface area (Å²) < 4.78 is 30.8. The van der Waals surface area contributed by atoms with Gasteiger partial charge in [-0.25, -0.2) is 17.5 Å². The number of ether oxygens (including phenoxy) is 1. The molecule has 2 rings (SSSR count). The average molecular weight is 425 g/mol. The van der Waals surface area contributed by atoms with Crippen LogP contribution in [0.4, 0.5) is 5.69 Å². The zero-order valence-corrected chi connectivity index (χ0v) is 17.5. The van der Waals surface area contributed by atoms with E-state index in [1.165, 1.54) is 38.1 Å². The minimum Gasteiger partial charge on any atom is -0.449 e. The van der Waals surface area contributed by atoms with E-state index in [-0.39, 0.29) is 15.5 Å². The summed E-state index contributed by atoms with van der Waals surface area (Å²) in [5.74, 6) is -1.32. The number of para-hydroxylation sites is 1. The van der Waals surface area contributed by atoms with Crippen molar-refractivity contribution in [3.63, 3.8) is 0 Å². The Morgan fingerprint density at radius 3 is 2.21 bits per heavy atom. The summed E-state index contributed by atoms with van der Waals surface area (Å²) in [5.41, 5.74) is 0.513. The number of likely N-dealkylation sites (N-methyl/N-ethyl adjacent to an activating group) is 1. The summed E-state index contributed by atoms with van der Waals surface area (Å²) >= 11 is 6.04. The van der Waals surface area contributed by atoms with E-state index in [0.29, 0.717) is 5.69 Å². The van der Waals surface area contributed by atoms with E-state index in [1.54, 1.807) is 31.3 Å². The van der Waals surface area contributed by atoms with Crippen LogP contribution < -0.4 is 4.90 Å². The van der Waals surface area contributed by atoms with Crippen molar-refractivity contribution in [1.82, 2.24) is 4.31 Å². The van der Waals surface area contributed by atoms with Crippen LogP contribution in [0.1, 0.15) is 17.3 Å². The van der Waals surface area contributed by atoms with Gasteiger partial charge in [0.25, 0.3) is 5.91 Å². The molecule has 2 aromatic carbocycles. The molecule has 1 amide bonds. The van der Waals surface area contributed by atoms with Crippen molar-refractivity contribution in [2.45, 2.75) is 17.9 Å². The van der Waals surface area contributed by atoms with Gasteiger partial charge in [0.05, 0.1) is 15.5 Å². The molecule has 0 unspecified atom stereocenters. The second-order valence-electron chi connectivity index (χ2n) is 6.21. The maximum atomic E-state index is 12.5. The summed E-state index contributed by atoms with van der Waals surface area (Å²) in [7, 11) is 0.571. The van der Waals surface area contributed by atoms with Crippen molar-refractivity contribution in [2.75, 3.05) is 26.0 Å². The highest BCUT2D eigenvalue weighted by molar-refractivity contribution is 7.89. The van der Waals surface area contributed by atoms with Gasteiger partial charge in [-0.3, -0.25) is 4.79 Å². The average Bonchev–Trinajstić information content (AvgIpc) is 2.67. The fraction of sp³-hybridized carbons (Fsp3) is 0.263. The van der Waals surface area contributed by atoms with E-state index in [4.69, 9.17) is 16.3 Å². The maximum absolute atomic E-state index is 12.5. The van der Waals surface area contributed by atoms with Gasteiger partial charge in [-0.15, -0.1) is 0 Å². The van der Waals surface area contributed by atoms with E-state index in [0.717, 1.165) is 10.4 Å². The number of sulfonamides is 1. The highest BCUT2D eigenvalue weighted by Crippen LogP contribution is 2.23. The number of benzene rings is 2. The summed E-state index contributed by atoms with van der Waals surface area (Å²) in [4.78, 5) is 26.3. The molecule has 150 valence electrons. The van der Waals surface area contributed by atoms with Crippen LogP contribution in [-0.4, -0.2) is 51.8 Å². The van der Waals surface area contributed by atoms with Gasteiger partial charge in [0.1, 0.15) is 0 Å². The van der Waals surface area contributed by atoms with E-state index >= 15 is 0 Å². The molecule has 2 aromatic rings. The molecule has 0 aliphatic rings. The van der Waals surface area contributed by atoms with Gasteiger partial charge in [0.15, 0.2) is 6.10 Å². The number of amides is 1. The number of hydrogen-bond acceptors (Lipinski definition) is 5. The molecule has 9 heteroatoms. The van der Waals surface area contributed by atoms with Crippen LogP contribution >= 0.6 is 11.6 Å². The van der Waals surface area contributed by atoms with Crippen LogP contribution in [0.3, 0.4) is 0 Å². The smallest absolute Gasteiger partial charge is 0.340 e. The van der Waals surface area contributed by atoms with E-state index in [1.807, 2.05) is 6.07 Å². The van der Waals surface area contributed by atoms with E-state index in [9.17, 15) is 18.0 Å². The van der Waals surface area contributed by atoms with Crippen LogP contribution in [0.25, 0.3) is 0 Å². The molecular weight excluding hydrogens is 404 g/mol. The van der Waals surface area contributed by atoms with Crippen LogP contribution in [-0.2, 0) is 19.6 Å². The fourth-order valence-electron chi connectivity index (χ4n) is 2.36. The molecule has 0 spiro atoms. The Hall–Kier alpha value is -2.42. The molecule has 0 bridgehead atoms. The van der Waals surface area contributed by atoms with Gasteiger partial charge in [0.2, 0.25) is 10.0 Å². The normalized spacial score (nSPS) is 12.5. The third-order valence-electron chi connectivity index (χ3n) is 4.04. The Morgan fingerprint density at radius 1 is 1.04 bits per heavy atom. The van der Waals surface area contributed by atoms with Gasteiger partial charge < -0.3 is 9.64 Å². The van der Waals surface area contributed by atoms with Crippen molar-refractivity contribution in [3.8, 4) is 0 Å². The molecule has 0 aromatic heterocycles. The number of hydrogen-bond donors (Lipinski definition) is 0. The molecule has 0 heterocycles. The first-order valence-corrected chi connectivity index (χ1v) is 10.1. The lowest BCUT2D eigenvalue weighted by molar-refractivity contribution is -0.126. The minimum atomic E-state index is -3.75. The van der Waals surface area contributed by atoms with Gasteiger partial charge in [-0.05, 0) is 37.3 Å². The zero-order valence-electron chi connectivity index (χ0n) is 15.9. The summed E-state index contributed by atoms with van der Waals surface area (Å²) in [6, 6.07) is 12.6. The molecule has 0 radical (unpaired) electrons. The molecule has 1 atom stereocenters. The molecule has 0 aliphatic carbocycles. The first-order valence-electron chi connectivity index (χ1n) is 8.31. The molecule has 0 saturated heterocycles. The lowest BCUT2D eigenvalue weighted by Gasteiger charge is -2.21. The summed E-state index contributed by atoms with van der Waals surface area (Å²) in [5, 5.41) is 0.0266. The lowest BCUT2D eigenvalue weighted by Crippen LogP contribution is -2.37. The third kappa shape index (κ3) is 4.70. The topological polar surface area (TPSA) is 84.0 Å². The Labute approximate surface area is 169 Å². The Balaban J connectivity index is 2.21. The van der Waals surface area contributed by atoms with Gasteiger partial charge in [-0.1, -0.05) is 29.8 Å². The number of carbonyl (C=O) groups is 2. The number of anilines is 1. The molecule has 28 heavy (non-hydrogen) atoms. The third-order valence-corrected chi connectivity index (χ3v) is 6.18. The molecule has 0 aliphatic heterocycles. The number of esters is 1. The summed E-state index contributed by atoms with van der Waals surface area (Å²) in [6.45, 7) is 1.44. The predicted octanol–water partition coefficient (Wildman–Crippen LogP) is 2.80. The minimum absolute atomic E-state index is 0.0266. The molecule has 0 N–H and O–H groups in total. The molecular formula is C19H21ClN2O5S. The predicted molar refractivity (Wildman–Crippen MR) is 107 cm³/mol. The SMILES string of the molecule is C[C@H](OC(=O)c1cc(S(=O)(=O)N(C)C)ccc1Cl)C(=O)N(C)c1ccccc1. The molecule has 0 fully saturated rings. The van der Waals surface area contributed by atoms with Crippen molar-refractivity contribution in [2.24, 2.45) is 0 Å². The lowest BCUT2D eigenvalue weighted by atomic mass is 10.2. The maximum Gasteiger partial charge on any atom is 0.340 e. The van der Waals surface area contributed by atoms with Crippen molar-refractivity contribution in [3.05, 3.63) is 59.1 Å². The van der Waals surface area contributed by atoms with Crippen molar-refractivity contribution >= 4 is 39.2 Å². The van der Waals surface area contributed by atoms with Crippen LogP contribution in [0.5, 0.6) is 0 Å². The number of nitrogens with zero attached hydrogens (tertiary/aromatic N) is 2. The van der Waals surface area contributed by atoms with Crippen LogP contribution in [0, 0.1) is 0 Å². The van der Waals surface area contributed by atoms with E-state index in [2.05, 4.69) is 0 Å². The fourth-order valence-corrected chi connectivity index (χ4v) is 3.48. The second kappa shape index (κ2) is 8.72. The monoisotopic (exact) mass is 424 g/mol. The standard InChI is InChI=1S/C19H21ClN2O5S/c1-13(18(23)22(4)14-8-6-5-7-9-14)27-19(24)16-12-15(10-11-17(16)20)28(25,26)21(2)3/h5-13H,1-4H3/t13-/m0/s1. The van der Waals surface area contributed by atoms with Gasteiger partial charge >= 0.3 is 5.97 Å². The second-order valence-corrected chi connectivity index (χ2v) is 8.77. The Bertz CT molecular complexity index is 977. The number of halogens is 1. The Morgan fingerprint density at radius 2 is 1.64 bits per heavy atom. The van der Waals surface area contributed by atoms with E-state index < -0.39 is 28.0 Å². The largest absolute Gasteiger partial charge is 0.449 e. The highest BCUT2D eigenvalue weighted by Gasteiger charge is 2.26. The molecule has 0 saturated carbocycles. The molecule has 7 nitrogen and oxygen atoms in total.